The molecular weight excluding hydrogens is 168 g/mol. The first-order chi connectivity index (χ1) is 5.60. The average molecular weight is 188 g/mol. The Hall–Kier alpha value is 0.270. The molecule has 12 heavy (non-hydrogen) atoms. The van der Waals surface area contributed by atoms with Crippen molar-refractivity contribution in [3.63, 3.8) is 0 Å². The van der Waals surface area contributed by atoms with E-state index in [-0.39, 0.29) is 5.54 Å². The van der Waals surface area contributed by atoms with Gasteiger partial charge in [0.1, 0.15) is 0 Å². The van der Waals surface area contributed by atoms with Crippen LogP contribution in [0.5, 0.6) is 0 Å². The van der Waals surface area contributed by atoms with Crippen LogP contribution in [-0.4, -0.2) is 29.1 Å². The minimum absolute atomic E-state index is 0.207. The summed E-state index contributed by atoms with van der Waals surface area (Å²) < 4.78 is 0. The Morgan fingerprint density at radius 1 is 1.67 bits per heavy atom. The highest BCUT2D eigenvalue weighted by Crippen LogP contribution is 2.35. The van der Waals surface area contributed by atoms with E-state index < -0.39 is 0 Å². The van der Waals surface area contributed by atoms with Crippen LogP contribution in [0, 0.1) is 0 Å². The highest BCUT2D eigenvalue weighted by Gasteiger charge is 2.39. The van der Waals surface area contributed by atoms with Crippen molar-refractivity contribution in [2.75, 3.05) is 12.3 Å². The van der Waals surface area contributed by atoms with Crippen LogP contribution < -0.4 is 11.1 Å². The Morgan fingerprint density at radius 3 is 2.67 bits per heavy atom. The van der Waals surface area contributed by atoms with Gasteiger partial charge in [0, 0.05) is 23.4 Å². The first-order valence-electron chi connectivity index (χ1n) is 4.70. The second-order valence-corrected chi connectivity index (χ2v) is 5.37. The van der Waals surface area contributed by atoms with Gasteiger partial charge in [-0.25, -0.2) is 0 Å². The van der Waals surface area contributed by atoms with Gasteiger partial charge in [-0.2, -0.15) is 11.8 Å². The van der Waals surface area contributed by atoms with Gasteiger partial charge in [0.15, 0.2) is 0 Å². The van der Waals surface area contributed by atoms with E-state index >= 15 is 0 Å². The fourth-order valence-electron chi connectivity index (χ4n) is 1.87. The zero-order chi connectivity index (χ0) is 9.19. The zero-order valence-electron chi connectivity index (χ0n) is 8.26. The second-order valence-electron chi connectivity index (χ2n) is 3.92. The number of nitrogens with one attached hydrogen (secondary N) is 1. The van der Waals surface area contributed by atoms with Gasteiger partial charge in [-0.3, -0.25) is 0 Å². The lowest BCUT2D eigenvalue weighted by Crippen LogP contribution is -2.57. The van der Waals surface area contributed by atoms with Gasteiger partial charge in [0.05, 0.1) is 0 Å². The molecule has 0 aromatic carbocycles. The minimum atomic E-state index is 0.207. The van der Waals surface area contributed by atoms with E-state index in [4.69, 9.17) is 5.73 Å². The molecule has 1 aliphatic heterocycles. The molecule has 2 atom stereocenters. The first kappa shape index (κ1) is 10.4. The first-order valence-corrected chi connectivity index (χ1v) is 5.75. The third kappa shape index (κ3) is 1.95. The number of hydrogen-bond acceptors (Lipinski definition) is 3. The molecule has 2 nitrogen and oxygen atoms in total. The highest BCUT2D eigenvalue weighted by atomic mass is 32.2. The number of nitrogens with two attached hydrogens (primary N) is 1. The maximum absolute atomic E-state index is 5.83. The van der Waals surface area contributed by atoms with Crippen molar-refractivity contribution in [2.24, 2.45) is 5.73 Å². The predicted molar refractivity (Wildman–Crippen MR) is 56.6 cm³/mol. The summed E-state index contributed by atoms with van der Waals surface area (Å²) in [5, 5.41) is 4.27. The molecule has 72 valence electrons. The lowest BCUT2D eigenvalue weighted by molar-refractivity contribution is 0.308. The second kappa shape index (κ2) is 3.99. The van der Waals surface area contributed by atoms with Crippen molar-refractivity contribution >= 4 is 11.8 Å². The summed E-state index contributed by atoms with van der Waals surface area (Å²) in [5.74, 6) is 1.25. The molecule has 0 aromatic rings. The molecule has 1 heterocycles. The summed E-state index contributed by atoms with van der Waals surface area (Å²) in [6.45, 7) is 7.42. The van der Waals surface area contributed by atoms with Crippen molar-refractivity contribution in [1.82, 2.24) is 5.32 Å². The fraction of sp³-hybridized carbons (Fsp3) is 1.00. The van der Waals surface area contributed by atoms with E-state index in [1.807, 2.05) is 11.8 Å². The summed E-state index contributed by atoms with van der Waals surface area (Å²) in [6, 6.07) is 0.537. The molecule has 0 spiro atoms. The van der Waals surface area contributed by atoms with E-state index in [1.165, 1.54) is 12.2 Å². The third-order valence-corrected chi connectivity index (χ3v) is 4.03. The molecule has 0 bridgehead atoms. The summed E-state index contributed by atoms with van der Waals surface area (Å²) >= 11 is 2.03. The Bertz CT molecular complexity index is 149. The standard InChI is InChI=1S/C9H20N2S/c1-7(2)11-9(6-10)4-5-12-8(9)3/h7-8,11H,4-6,10H2,1-3H3. The summed E-state index contributed by atoms with van der Waals surface area (Å²) in [7, 11) is 0. The molecule has 0 saturated carbocycles. The van der Waals surface area contributed by atoms with Crippen LogP contribution in [0.15, 0.2) is 0 Å². The van der Waals surface area contributed by atoms with Crippen LogP contribution >= 0.6 is 11.8 Å². The van der Waals surface area contributed by atoms with E-state index in [1.54, 1.807) is 0 Å². The van der Waals surface area contributed by atoms with Crippen molar-refractivity contribution in [2.45, 2.75) is 44.0 Å². The van der Waals surface area contributed by atoms with Gasteiger partial charge in [-0.1, -0.05) is 20.8 Å². The fourth-order valence-corrected chi connectivity index (χ4v) is 3.31. The Morgan fingerprint density at radius 2 is 2.33 bits per heavy atom. The monoisotopic (exact) mass is 188 g/mol. The highest BCUT2D eigenvalue weighted by molar-refractivity contribution is 8.00. The topological polar surface area (TPSA) is 38.0 Å². The molecule has 0 aliphatic carbocycles. The van der Waals surface area contributed by atoms with E-state index in [0.717, 1.165) is 6.54 Å². The molecule has 1 rings (SSSR count). The third-order valence-electron chi connectivity index (χ3n) is 2.63. The van der Waals surface area contributed by atoms with Crippen LogP contribution in [0.4, 0.5) is 0 Å². The predicted octanol–water partition coefficient (Wildman–Crippen LogP) is 1.21. The lowest BCUT2D eigenvalue weighted by atomic mass is 9.92. The van der Waals surface area contributed by atoms with Gasteiger partial charge in [0.25, 0.3) is 0 Å². The van der Waals surface area contributed by atoms with E-state index in [9.17, 15) is 0 Å². The van der Waals surface area contributed by atoms with Crippen molar-refractivity contribution < 1.29 is 0 Å². The molecule has 0 amide bonds. The van der Waals surface area contributed by atoms with Crippen LogP contribution in [0.25, 0.3) is 0 Å². The quantitative estimate of drug-likeness (QED) is 0.699. The Labute approximate surface area is 79.7 Å². The summed E-state index contributed by atoms with van der Waals surface area (Å²) in [4.78, 5) is 0. The van der Waals surface area contributed by atoms with Crippen LogP contribution in [0.2, 0.25) is 0 Å². The zero-order valence-corrected chi connectivity index (χ0v) is 9.08. The largest absolute Gasteiger partial charge is 0.329 e. The minimum Gasteiger partial charge on any atom is -0.329 e. The van der Waals surface area contributed by atoms with Gasteiger partial charge >= 0.3 is 0 Å². The molecule has 2 unspecified atom stereocenters. The van der Waals surface area contributed by atoms with Gasteiger partial charge < -0.3 is 11.1 Å². The molecule has 3 N–H and O–H groups in total. The van der Waals surface area contributed by atoms with Crippen LogP contribution in [-0.2, 0) is 0 Å². The van der Waals surface area contributed by atoms with E-state index in [0.29, 0.717) is 11.3 Å². The molecule has 0 radical (unpaired) electrons. The van der Waals surface area contributed by atoms with Crippen LogP contribution in [0.1, 0.15) is 27.2 Å². The molecule has 3 heteroatoms. The van der Waals surface area contributed by atoms with Crippen molar-refractivity contribution in [1.29, 1.82) is 0 Å². The maximum atomic E-state index is 5.83. The van der Waals surface area contributed by atoms with E-state index in [2.05, 4.69) is 26.1 Å². The van der Waals surface area contributed by atoms with Crippen molar-refractivity contribution in [3.8, 4) is 0 Å². The number of rotatable bonds is 3. The van der Waals surface area contributed by atoms with Gasteiger partial charge in [0.2, 0.25) is 0 Å². The summed E-state index contributed by atoms with van der Waals surface area (Å²) in [5.41, 5.74) is 6.04. The summed E-state index contributed by atoms with van der Waals surface area (Å²) in [6.07, 6.45) is 1.22. The van der Waals surface area contributed by atoms with Gasteiger partial charge in [-0.15, -0.1) is 0 Å². The molecule has 0 aromatic heterocycles. The smallest absolute Gasteiger partial charge is 0.0431 e. The number of thioether (sulfide) groups is 1. The van der Waals surface area contributed by atoms with Gasteiger partial charge in [-0.05, 0) is 12.2 Å². The lowest BCUT2D eigenvalue weighted by Gasteiger charge is -2.35. The molecule has 1 saturated heterocycles. The normalized spacial score (nSPS) is 36.2. The molecule has 1 aliphatic rings. The maximum Gasteiger partial charge on any atom is 0.0431 e. The Balaban J connectivity index is 2.61. The number of hydrogen-bond donors (Lipinski definition) is 2. The van der Waals surface area contributed by atoms with Crippen LogP contribution in [0.3, 0.4) is 0 Å². The van der Waals surface area contributed by atoms with Crippen molar-refractivity contribution in [3.05, 3.63) is 0 Å². The molecule has 1 fully saturated rings. The molecular formula is C9H20N2S. The SMILES string of the molecule is CC(C)NC1(CN)CCSC1C. The average Bonchev–Trinajstić information content (AvgIpc) is 2.32. The Kier molecular flexibility index (Phi) is 3.44.